The molecule has 2 aliphatic carbocycles. The van der Waals surface area contributed by atoms with Gasteiger partial charge in [0.1, 0.15) is 29.4 Å². The maximum atomic E-state index is 14.6. The van der Waals surface area contributed by atoms with E-state index in [1.807, 2.05) is 53.9 Å². The van der Waals surface area contributed by atoms with Crippen LogP contribution in [-0.4, -0.2) is 82.4 Å². The number of allylic oxidation sites excluding steroid dienone is 1. The minimum Gasteiger partial charge on any atom is -0.471 e. The molecule has 2 saturated carbocycles. The van der Waals surface area contributed by atoms with Crippen LogP contribution >= 0.6 is 22.7 Å². The summed E-state index contributed by atoms with van der Waals surface area (Å²) in [5.41, 5.74) is 0.783. The standard InChI is InChI=1S/C38H40N6O7S3/c45-33(23-16-18-52-22-23)40-29-12-5-3-1-2-4-9-24-20-38(24,37(48)43-54(49,50)26-14-15-26)42-34(46)30-19-25(21-44(30)36(29)47)51-35-32(31-13-8-17-53-31)39-27-10-6-7-11-28(27)41-35/h4,6-11,13,16-18,22,24-26,29-30H,1-3,5,12,14-15,19-21H2,(H,40,45)(H,42,46)(H,43,48)/b9-4-/t24?,25-,29+,30+,38-/m1/s1. The Hall–Kier alpha value is -4.67. The number of sulfonamides is 1. The number of carbonyl (C=O) groups excluding carboxylic acids is 4. The normalized spacial score (nSPS) is 26.8. The third-order valence-electron chi connectivity index (χ3n) is 10.5. The van der Waals surface area contributed by atoms with E-state index in [1.165, 1.54) is 27.6 Å². The zero-order valence-corrected chi connectivity index (χ0v) is 31.8. The second-order valence-corrected chi connectivity index (χ2v) is 18.1. The number of para-hydroxylation sites is 2. The fourth-order valence-corrected chi connectivity index (χ4v) is 9.99. The molecule has 0 radical (unpaired) electrons. The van der Waals surface area contributed by atoms with E-state index in [2.05, 4.69) is 15.4 Å². The van der Waals surface area contributed by atoms with E-state index in [0.717, 1.165) is 17.7 Å². The molecule has 4 aromatic rings. The Morgan fingerprint density at radius 3 is 2.54 bits per heavy atom. The predicted octanol–water partition coefficient (Wildman–Crippen LogP) is 4.57. The van der Waals surface area contributed by atoms with E-state index >= 15 is 0 Å². The van der Waals surface area contributed by atoms with Crippen molar-refractivity contribution in [3.05, 3.63) is 76.3 Å². The van der Waals surface area contributed by atoms with Gasteiger partial charge in [-0.1, -0.05) is 43.2 Å². The van der Waals surface area contributed by atoms with Crippen molar-refractivity contribution < 1.29 is 32.3 Å². The van der Waals surface area contributed by atoms with Crippen molar-refractivity contribution in [3.63, 3.8) is 0 Å². The first-order valence-electron chi connectivity index (χ1n) is 18.3. The first-order chi connectivity index (χ1) is 26.1. The summed E-state index contributed by atoms with van der Waals surface area (Å²) in [5, 5.41) is 10.6. The number of rotatable bonds is 8. The number of benzene rings is 1. The molecule has 3 fully saturated rings. The molecule has 282 valence electrons. The second kappa shape index (κ2) is 14.9. The Kier molecular flexibility index (Phi) is 10.00. The lowest BCUT2D eigenvalue weighted by molar-refractivity contribution is -0.141. The van der Waals surface area contributed by atoms with Gasteiger partial charge in [-0.25, -0.2) is 18.4 Å². The molecule has 8 rings (SSSR count). The average molecular weight is 789 g/mol. The maximum Gasteiger partial charge on any atom is 0.259 e. The Labute approximate surface area is 320 Å². The number of carbonyl (C=O) groups is 4. The molecule has 4 amide bonds. The number of aromatic nitrogens is 2. The fourth-order valence-electron chi connectivity index (χ4n) is 7.28. The highest BCUT2D eigenvalue weighted by molar-refractivity contribution is 7.91. The predicted molar refractivity (Wildman–Crippen MR) is 204 cm³/mol. The number of amides is 4. The van der Waals surface area contributed by atoms with Crippen molar-refractivity contribution >= 4 is 67.4 Å². The number of fused-ring (bicyclic) bond motifs is 3. The molecule has 5 heterocycles. The summed E-state index contributed by atoms with van der Waals surface area (Å²) < 4.78 is 34.5. The molecular weight excluding hydrogens is 749 g/mol. The number of hydrogen-bond donors (Lipinski definition) is 3. The quantitative estimate of drug-likeness (QED) is 0.216. The molecule has 1 unspecified atom stereocenters. The topological polar surface area (TPSA) is 177 Å². The summed E-state index contributed by atoms with van der Waals surface area (Å²) in [6.45, 7) is -0.00127. The largest absolute Gasteiger partial charge is 0.471 e. The van der Waals surface area contributed by atoms with Gasteiger partial charge in [-0.3, -0.25) is 23.9 Å². The molecule has 13 nitrogen and oxygen atoms in total. The molecule has 1 aromatic carbocycles. The minimum absolute atomic E-state index is 0.00127. The summed E-state index contributed by atoms with van der Waals surface area (Å²) in [7, 11) is -3.89. The van der Waals surface area contributed by atoms with Gasteiger partial charge in [0.25, 0.3) is 11.8 Å². The minimum atomic E-state index is -3.89. The molecule has 54 heavy (non-hydrogen) atoms. The number of ether oxygens (including phenoxy) is 1. The molecule has 4 aliphatic rings. The van der Waals surface area contributed by atoms with Gasteiger partial charge in [-0.05, 0) is 73.6 Å². The maximum absolute atomic E-state index is 14.6. The number of hydrogen-bond acceptors (Lipinski definition) is 11. The molecule has 3 aromatic heterocycles. The third kappa shape index (κ3) is 7.51. The second-order valence-electron chi connectivity index (χ2n) is 14.4. The van der Waals surface area contributed by atoms with Crippen LogP contribution in [0.1, 0.15) is 68.1 Å². The number of thiophene rings is 2. The lowest BCUT2D eigenvalue weighted by Crippen LogP contribution is -2.58. The van der Waals surface area contributed by atoms with Gasteiger partial charge in [-0.2, -0.15) is 11.3 Å². The van der Waals surface area contributed by atoms with Crippen LogP contribution in [0.5, 0.6) is 5.88 Å². The van der Waals surface area contributed by atoms with Crippen LogP contribution < -0.4 is 20.1 Å². The van der Waals surface area contributed by atoms with Crippen molar-refractivity contribution in [3.8, 4) is 16.5 Å². The third-order valence-corrected chi connectivity index (χ3v) is 13.9. The summed E-state index contributed by atoms with van der Waals surface area (Å²) in [4.78, 5) is 68.0. The average Bonchev–Trinajstić information content (AvgIpc) is 3.87. The molecule has 0 spiro atoms. The summed E-state index contributed by atoms with van der Waals surface area (Å²) in [6.07, 6.45) is 7.69. The van der Waals surface area contributed by atoms with Crippen LogP contribution in [0.25, 0.3) is 21.6 Å². The molecule has 1 saturated heterocycles. The van der Waals surface area contributed by atoms with Crippen LogP contribution in [0.15, 0.2) is 70.8 Å². The van der Waals surface area contributed by atoms with E-state index < -0.39 is 62.6 Å². The van der Waals surface area contributed by atoms with Crippen molar-refractivity contribution in [2.24, 2.45) is 5.92 Å². The number of nitrogens with one attached hydrogen (secondary N) is 3. The first kappa shape index (κ1) is 36.3. The van der Waals surface area contributed by atoms with E-state index in [9.17, 15) is 27.6 Å². The molecule has 0 bridgehead atoms. The molecule has 16 heteroatoms. The van der Waals surface area contributed by atoms with Gasteiger partial charge in [-0.15, -0.1) is 11.3 Å². The lowest BCUT2D eigenvalue weighted by atomic mass is 10.0. The van der Waals surface area contributed by atoms with Gasteiger partial charge < -0.3 is 20.3 Å². The SMILES string of the molecule is O=C(N[C@H]1CCCCC/C=C\C2C[C@@]2(C(=O)NS(=O)(=O)C2CC2)NC(=O)[C@@H]2C[C@@H](Oc3nc4ccccc4nc3-c3cccs3)CN2C1=O)c1ccsc1. The molecule has 2 aliphatic heterocycles. The zero-order chi connectivity index (χ0) is 37.5. The first-order valence-corrected chi connectivity index (χ1v) is 21.6. The van der Waals surface area contributed by atoms with Gasteiger partial charge in [0, 0.05) is 17.7 Å². The monoisotopic (exact) mass is 788 g/mol. The van der Waals surface area contributed by atoms with Crippen molar-refractivity contribution in [1.29, 1.82) is 0 Å². The smallest absolute Gasteiger partial charge is 0.259 e. The van der Waals surface area contributed by atoms with Gasteiger partial charge >= 0.3 is 0 Å². The van der Waals surface area contributed by atoms with E-state index in [4.69, 9.17) is 14.7 Å². The summed E-state index contributed by atoms with van der Waals surface area (Å²) in [5.74, 6) is -2.37. The lowest BCUT2D eigenvalue weighted by Gasteiger charge is -2.30. The van der Waals surface area contributed by atoms with E-state index in [1.54, 1.807) is 16.8 Å². The Morgan fingerprint density at radius 1 is 0.981 bits per heavy atom. The highest BCUT2D eigenvalue weighted by Crippen LogP contribution is 2.46. The Bertz CT molecular complexity index is 2210. The van der Waals surface area contributed by atoms with Gasteiger partial charge in [0.15, 0.2) is 0 Å². The van der Waals surface area contributed by atoms with Crippen LogP contribution in [0.2, 0.25) is 0 Å². The molecule has 5 atom stereocenters. The number of nitrogens with zero attached hydrogens (tertiary/aromatic N) is 3. The van der Waals surface area contributed by atoms with Crippen LogP contribution in [0, 0.1) is 5.92 Å². The van der Waals surface area contributed by atoms with Crippen molar-refractivity contribution in [2.75, 3.05) is 6.54 Å². The molecular formula is C38H40N6O7S3. The van der Waals surface area contributed by atoms with Crippen molar-refractivity contribution in [1.82, 2.24) is 30.2 Å². The van der Waals surface area contributed by atoms with Crippen LogP contribution in [0.3, 0.4) is 0 Å². The van der Waals surface area contributed by atoms with E-state index in [0.29, 0.717) is 54.4 Å². The van der Waals surface area contributed by atoms with Gasteiger partial charge in [0.2, 0.25) is 27.7 Å². The Morgan fingerprint density at radius 2 is 1.80 bits per heavy atom. The highest BCUT2D eigenvalue weighted by Gasteiger charge is 2.62. The molecule has 3 N–H and O–H groups in total. The summed E-state index contributed by atoms with van der Waals surface area (Å²) in [6, 6.07) is 10.9. The summed E-state index contributed by atoms with van der Waals surface area (Å²) >= 11 is 2.86. The zero-order valence-electron chi connectivity index (χ0n) is 29.3. The van der Waals surface area contributed by atoms with Crippen LogP contribution in [0.4, 0.5) is 0 Å². The fraction of sp³-hybridized carbons (Fsp3) is 0.421. The van der Waals surface area contributed by atoms with E-state index in [-0.39, 0.29) is 31.2 Å². The van der Waals surface area contributed by atoms with Crippen molar-refractivity contribution in [2.45, 2.75) is 86.8 Å². The van der Waals surface area contributed by atoms with Gasteiger partial charge in [0.05, 0.1) is 33.3 Å². The van der Waals surface area contributed by atoms with Crippen LogP contribution in [-0.2, 0) is 24.4 Å². The highest BCUT2D eigenvalue weighted by atomic mass is 32.2. The Balaban J connectivity index is 1.12.